The summed E-state index contributed by atoms with van der Waals surface area (Å²) in [6, 6.07) is 10.1. The molecule has 2 aliphatic heterocycles. The van der Waals surface area contributed by atoms with Gasteiger partial charge >= 0.3 is 12.1 Å². The number of anilines is 1. The molecule has 1 aromatic heterocycles. The number of aliphatic carboxylic acids is 1. The number of nitrogens with zero attached hydrogens (tertiary/aromatic N) is 4. The van der Waals surface area contributed by atoms with Crippen LogP contribution >= 0.6 is 0 Å². The quantitative estimate of drug-likeness (QED) is 0.617. The van der Waals surface area contributed by atoms with Crippen LogP contribution in [0, 0.1) is 11.8 Å². The SMILES string of the molecule is O=C(O)C[C@@H]1CCN(C(=O)c2ccc(C(F)(F)F)cc2)C[C@H]1CCN1CCN(c2ccccn2)CC1. The number of piperazine rings is 1. The van der Waals surface area contributed by atoms with E-state index in [0.29, 0.717) is 19.5 Å². The number of rotatable bonds is 7. The highest BCUT2D eigenvalue weighted by molar-refractivity contribution is 5.94. The molecule has 36 heavy (non-hydrogen) atoms. The molecule has 1 aromatic carbocycles. The van der Waals surface area contributed by atoms with Gasteiger partial charge in [-0.05, 0) is 67.6 Å². The predicted molar refractivity (Wildman–Crippen MR) is 129 cm³/mol. The van der Waals surface area contributed by atoms with E-state index in [-0.39, 0.29) is 29.7 Å². The van der Waals surface area contributed by atoms with E-state index in [2.05, 4.69) is 14.8 Å². The Hall–Kier alpha value is -3.14. The van der Waals surface area contributed by atoms with Crippen LogP contribution in [0.4, 0.5) is 19.0 Å². The molecule has 3 heterocycles. The fourth-order valence-electron chi connectivity index (χ4n) is 5.16. The minimum Gasteiger partial charge on any atom is -0.481 e. The van der Waals surface area contributed by atoms with Gasteiger partial charge in [0.25, 0.3) is 5.91 Å². The van der Waals surface area contributed by atoms with E-state index in [4.69, 9.17) is 0 Å². The number of amides is 1. The molecule has 2 saturated heterocycles. The van der Waals surface area contributed by atoms with Crippen molar-refractivity contribution >= 4 is 17.7 Å². The number of piperidine rings is 1. The molecule has 0 unspecified atom stereocenters. The third-order valence-corrected chi connectivity index (χ3v) is 7.24. The molecule has 7 nitrogen and oxygen atoms in total. The average molecular weight is 505 g/mol. The Morgan fingerprint density at radius 3 is 2.31 bits per heavy atom. The normalized spacial score (nSPS) is 21.4. The maximum absolute atomic E-state index is 13.0. The number of likely N-dealkylation sites (tertiary alicyclic amines) is 1. The predicted octanol–water partition coefficient (Wildman–Crippen LogP) is 3.87. The molecule has 0 bridgehead atoms. The molecule has 10 heteroatoms. The fraction of sp³-hybridized carbons (Fsp3) is 0.500. The van der Waals surface area contributed by atoms with Crippen LogP contribution in [0.1, 0.15) is 35.2 Å². The lowest BCUT2D eigenvalue weighted by atomic mass is 9.81. The monoisotopic (exact) mass is 504 g/mol. The summed E-state index contributed by atoms with van der Waals surface area (Å²) in [6.45, 7) is 5.08. The van der Waals surface area contributed by atoms with Crippen LogP contribution in [0.5, 0.6) is 0 Å². The standard InChI is InChI=1S/C26H31F3N4O3/c27-26(28,29)22-6-4-19(5-7-22)25(36)33-12-9-20(17-24(34)35)21(18-33)8-11-31-13-15-32(16-14-31)23-3-1-2-10-30-23/h1-7,10,20-21H,8-9,11-18H2,(H,34,35)/t20-,21+/m0/s1. The Kier molecular flexibility index (Phi) is 8.13. The van der Waals surface area contributed by atoms with Crippen molar-refractivity contribution in [3.63, 3.8) is 0 Å². The number of aromatic nitrogens is 1. The molecule has 2 atom stereocenters. The van der Waals surface area contributed by atoms with Gasteiger partial charge < -0.3 is 14.9 Å². The summed E-state index contributed by atoms with van der Waals surface area (Å²) in [5, 5.41) is 9.39. The van der Waals surface area contributed by atoms with E-state index in [1.807, 2.05) is 18.2 Å². The zero-order chi connectivity index (χ0) is 25.7. The van der Waals surface area contributed by atoms with Gasteiger partial charge in [0.15, 0.2) is 0 Å². The number of alkyl halides is 3. The number of benzene rings is 1. The summed E-state index contributed by atoms with van der Waals surface area (Å²) < 4.78 is 38.6. The van der Waals surface area contributed by atoms with Crippen LogP contribution in [0.3, 0.4) is 0 Å². The number of hydrogen-bond acceptors (Lipinski definition) is 5. The smallest absolute Gasteiger partial charge is 0.416 e. The molecule has 0 radical (unpaired) electrons. The van der Waals surface area contributed by atoms with Crippen LogP contribution in [0.25, 0.3) is 0 Å². The van der Waals surface area contributed by atoms with Gasteiger partial charge in [0.1, 0.15) is 5.82 Å². The molecule has 2 fully saturated rings. The average Bonchev–Trinajstić information content (AvgIpc) is 2.88. The zero-order valence-electron chi connectivity index (χ0n) is 20.0. The number of carboxylic acids is 1. The van der Waals surface area contributed by atoms with Gasteiger partial charge in [-0.15, -0.1) is 0 Å². The third kappa shape index (κ3) is 6.54. The van der Waals surface area contributed by atoms with Crippen molar-refractivity contribution in [3.05, 3.63) is 59.8 Å². The van der Waals surface area contributed by atoms with Gasteiger partial charge in [0.2, 0.25) is 0 Å². The molecule has 0 spiro atoms. The summed E-state index contributed by atoms with van der Waals surface area (Å²) in [6.07, 6.45) is -1.29. The van der Waals surface area contributed by atoms with Gasteiger partial charge in [0, 0.05) is 57.4 Å². The molecule has 2 aliphatic rings. The minimum absolute atomic E-state index is 0.0158. The second kappa shape index (κ2) is 11.3. The van der Waals surface area contributed by atoms with E-state index in [0.717, 1.165) is 57.1 Å². The number of carbonyl (C=O) groups excluding carboxylic acids is 1. The highest BCUT2D eigenvalue weighted by Crippen LogP contribution is 2.32. The third-order valence-electron chi connectivity index (χ3n) is 7.24. The molecule has 194 valence electrons. The lowest BCUT2D eigenvalue weighted by molar-refractivity contribution is -0.139. The van der Waals surface area contributed by atoms with Crippen molar-refractivity contribution in [1.29, 1.82) is 0 Å². The Morgan fingerprint density at radius 2 is 1.69 bits per heavy atom. The number of carboxylic acid groups (broad SMARTS) is 1. The number of pyridine rings is 1. The second-order valence-corrected chi connectivity index (χ2v) is 9.54. The first kappa shape index (κ1) is 25.9. The van der Waals surface area contributed by atoms with E-state index in [1.165, 1.54) is 12.1 Å². The number of carbonyl (C=O) groups is 2. The van der Waals surface area contributed by atoms with Crippen LogP contribution in [0.15, 0.2) is 48.7 Å². The van der Waals surface area contributed by atoms with Crippen molar-refractivity contribution in [2.24, 2.45) is 11.8 Å². The summed E-state index contributed by atoms with van der Waals surface area (Å²) in [5.41, 5.74) is -0.579. The second-order valence-electron chi connectivity index (χ2n) is 9.54. The van der Waals surface area contributed by atoms with Crippen molar-refractivity contribution in [3.8, 4) is 0 Å². The molecule has 4 rings (SSSR count). The van der Waals surface area contributed by atoms with Crippen molar-refractivity contribution in [1.82, 2.24) is 14.8 Å². The summed E-state index contributed by atoms with van der Waals surface area (Å²) in [4.78, 5) is 35.1. The lowest BCUT2D eigenvalue weighted by Crippen LogP contribution is -2.49. The first-order valence-electron chi connectivity index (χ1n) is 12.3. The van der Waals surface area contributed by atoms with Crippen molar-refractivity contribution < 1.29 is 27.9 Å². The molecular weight excluding hydrogens is 473 g/mol. The molecule has 1 N–H and O–H groups in total. The van der Waals surface area contributed by atoms with Gasteiger partial charge in [0.05, 0.1) is 5.56 Å². The molecular formula is C26H31F3N4O3. The van der Waals surface area contributed by atoms with Gasteiger partial charge in [-0.2, -0.15) is 13.2 Å². The van der Waals surface area contributed by atoms with Crippen molar-refractivity contribution in [2.45, 2.75) is 25.4 Å². The highest BCUT2D eigenvalue weighted by Gasteiger charge is 2.34. The minimum atomic E-state index is -4.45. The van der Waals surface area contributed by atoms with Gasteiger partial charge in [-0.25, -0.2) is 4.98 Å². The molecule has 1 amide bonds. The maximum atomic E-state index is 13.0. The summed E-state index contributed by atoms with van der Waals surface area (Å²) >= 11 is 0. The topological polar surface area (TPSA) is 77.0 Å². The number of halogens is 3. The Morgan fingerprint density at radius 1 is 0.972 bits per heavy atom. The van der Waals surface area contributed by atoms with E-state index in [1.54, 1.807) is 11.1 Å². The van der Waals surface area contributed by atoms with E-state index < -0.39 is 17.7 Å². The van der Waals surface area contributed by atoms with E-state index >= 15 is 0 Å². The van der Waals surface area contributed by atoms with Crippen LogP contribution in [-0.2, 0) is 11.0 Å². The largest absolute Gasteiger partial charge is 0.481 e. The van der Waals surface area contributed by atoms with E-state index in [9.17, 15) is 27.9 Å². The summed E-state index contributed by atoms with van der Waals surface area (Å²) in [7, 11) is 0. The summed E-state index contributed by atoms with van der Waals surface area (Å²) in [5.74, 6) is -0.220. The maximum Gasteiger partial charge on any atom is 0.416 e. The Bertz CT molecular complexity index is 1020. The number of hydrogen-bond donors (Lipinski definition) is 1. The van der Waals surface area contributed by atoms with Crippen LogP contribution in [0.2, 0.25) is 0 Å². The molecule has 2 aromatic rings. The van der Waals surface area contributed by atoms with Crippen molar-refractivity contribution in [2.75, 3.05) is 50.7 Å². The Balaban J connectivity index is 1.35. The first-order valence-corrected chi connectivity index (χ1v) is 12.3. The zero-order valence-corrected chi connectivity index (χ0v) is 20.0. The highest BCUT2D eigenvalue weighted by atomic mass is 19.4. The van der Waals surface area contributed by atoms with Crippen LogP contribution in [-0.4, -0.2) is 77.6 Å². The first-order chi connectivity index (χ1) is 17.2. The Labute approximate surface area is 208 Å². The fourth-order valence-corrected chi connectivity index (χ4v) is 5.16. The van der Waals surface area contributed by atoms with Crippen LogP contribution < -0.4 is 4.90 Å². The molecule has 0 aliphatic carbocycles. The lowest BCUT2D eigenvalue weighted by Gasteiger charge is -2.40. The van der Waals surface area contributed by atoms with Gasteiger partial charge in [-0.3, -0.25) is 14.5 Å². The van der Waals surface area contributed by atoms with Gasteiger partial charge in [-0.1, -0.05) is 6.07 Å². The molecule has 0 saturated carbocycles.